The van der Waals surface area contributed by atoms with Gasteiger partial charge in [0.15, 0.2) is 0 Å². The lowest BCUT2D eigenvalue weighted by Gasteiger charge is -2.23. The highest BCUT2D eigenvalue weighted by molar-refractivity contribution is 5.29. The first-order valence-electron chi connectivity index (χ1n) is 5.48. The molecule has 0 aliphatic carbocycles. The predicted molar refractivity (Wildman–Crippen MR) is 63.8 cm³/mol. The molecule has 1 atom stereocenters. The summed E-state index contributed by atoms with van der Waals surface area (Å²) in [4.78, 5) is 0. The highest BCUT2D eigenvalue weighted by Gasteiger charge is 2.17. The topological polar surface area (TPSA) is 46.2 Å². The molecule has 0 unspecified atom stereocenters. The van der Waals surface area contributed by atoms with Gasteiger partial charge in [-0.05, 0) is 23.0 Å². The molecule has 2 nitrogen and oxygen atoms in total. The predicted octanol–water partition coefficient (Wildman–Crippen LogP) is 2.37. The smallest absolute Gasteiger partial charge is 0.0624 e. The van der Waals surface area contributed by atoms with E-state index in [0.717, 1.165) is 12.0 Å². The van der Waals surface area contributed by atoms with E-state index in [4.69, 9.17) is 10.8 Å². The molecule has 3 N–H and O–H groups in total. The molecule has 84 valence electrons. The summed E-state index contributed by atoms with van der Waals surface area (Å²) < 4.78 is 0. The van der Waals surface area contributed by atoms with Crippen molar-refractivity contribution in [3.8, 4) is 0 Å². The molecule has 0 fully saturated rings. The molecule has 0 aliphatic heterocycles. The number of hydrogen-bond acceptors (Lipinski definition) is 2. The molecular weight excluding hydrogens is 186 g/mol. The van der Waals surface area contributed by atoms with Gasteiger partial charge in [-0.2, -0.15) is 0 Å². The minimum Gasteiger partial charge on any atom is -0.394 e. The van der Waals surface area contributed by atoms with Crippen molar-refractivity contribution in [3.05, 3.63) is 35.4 Å². The third-order valence-corrected chi connectivity index (χ3v) is 3.20. The molecular formula is C13H21NO. The van der Waals surface area contributed by atoms with Crippen LogP contribution in [0.4, 0.5) is 0 Å². The Hall–Kier alpha value is -0.860. The summed E-state index contributed by atoms with van der Waals surface area (Å²) in [5.41, 5.74) is 8.26. The fourth-order valence-corrected chi connectivity index (χ4v) is 1.49. The first kappa shape index (κ1) is 12.2. The van der Waals surface area contributed by atoms with Crippen LogP contribution in [0.15, 0.2) is 24.3 Å². The average Bonchev–Trinajstić information content (AvgIpc) is 2.28. The summed E-state index contributed by atoms with van der Waals surface area (Å²) in [6.07, 6.45) is 1.11. The summed E-state index contributed by atoms with van der Waals surface area (Å²) >= 11 is 0. The maximum absolute atomic E-state index is 8.94. The van der Waals surface area contributed by atoms with Crippen LogP contribution in [0, 0.1) is 0 Å². The standard InChI is InChI=1S/C13H21NO/c1-4-13(2,3)11-7-5-10(6-8-11)12(14)9-15/h5-8,12,15H,4,9,14H2,1-3H3/t12-/m0/s1. The van der Waals surface area contributed by atoms with Crippen molar-refractivity contribution in [2.75, 3.05) is 6.61 Å². The van der Waals surface area contributed by atoms with Gasteiger partial charge >= 0.3 is 0 Å². The third kappa shape index (κ3) is 2.80. The third-order valence-electron chi connectivity index (χ3n) is 3.20. The second-order valence-corrected chi connectivity index (χ2v) is 4.65. The van der Waals surface area contributed by atoms with E-state index in [1.54, 1.807) is 0 Å². The quantitative estimate of drug-likeness (QED) is 0.796. The number of aliphatic hydroxyl groups excluding tert-OH is 1. The molecule has 0 saturated carbocycles. The van der Waals surface area contributed by atoms with Crippen LogP contribution in [-0.4, -0.2) is 11.7 Å². The van der Waals surface area contributed by atoms with Gasteiger partial charge in [-0.25, -0.2) is 0 Å². The molecule has 1 aromatic carbocycles. The van der Waals surface area contributed by atoms with E-state index in [2.05, 4.69) is 32.9 Å². The Morgan fingerprint density at radius 1 is 1.27 bits per heavy atom. The summed E-state index contributed by atoms with van der Waals surface area (Å²) in [7, 11) is 0. The van der Waals surface area contributed by atoms with Crippen LogP contribution in [-0.2, 0) is 5.41 Å². The fraction of sp³-hybridized carbons (Fsp3) is 0.538. The van der Waals surface area contributed by atoms with E-state index in [9.17, 15) is 0 Å². The molecule has 0 spiro atoms. The van der Waals surface area contributed by atoms with Gasteiger partial charge in [-0.3, -0.25) is 0 Å². The zero-order chi connectivity index (χ0) is 11.5. The molecule has 1 rings (SSSR count). The molecule has 2 heteroatoms. The van der Waals surface area contributed by atoms with Crippen LogP contribution in [0.1, 0.15) is 44.4 Å². The SMILES string of the molecule is CCC(C)(C)c1ccc([C@@H](N)CO)cc1. The second kappa shape index (κ2) is 4.77. The first-order valence-corrected chi connectivity index (χ1v) is 5.48. The fourth-order valence-electron chi connectivity index (χ4n) is 1.49. The van der Waals surface area contributed by atoms with Crippen molar-refractivity contribution in [2.24, 2.45) is 5.73 Å². The lowest BCUT2D eigenvalue weighted by molar-refractivity contribution is 0.268. The highest BCUT2D eigenvalue weighted by atomic mass is 16.3. The molecule has 0 aliphatic rings. The van der Waals surface area contributed by atoms with E-state index in [-0.39, 0.29) is 18.1 Å². The molecule has 0 saturated heterocycles. The van der Waals surface area contributed by atoms with Crippen LogP contribution in [0.3, 0.4) is 0 Å². The van der Waals surface area contributed by atoms with E-state index in [0.29, 0.717) is 0 Å². The molecule has 1 aromatic rings. The minimum absolute atomic E-state index is 0.00346. The van der Waals surface area contributed by atoms with Crippen LogP contribution < -0.4 is 5.73 Å². The number of aliphatic hydroxyl groups is 1. The van der Waals surface area contributed by atoms with Gasteiger partial charge in [0.05, 0.1) is 12.6 Å². The zero-order valence-electron chi connectivity index (χ0n) is 9.83. The van der Waals surface area contributed by atoms with E-state index in [1.165, 1.54) is 5.56 Å². The van der Waals surface area contributed by atoms with Crippen molar-refractivity contribution in [1.82, 2.24) is 0 Å². The van der Waals surface area contributed by atoms with Gasteiger partial charge in [0.2, 0.25) is 0 Å². The van der Waals surface area contributed by atoms with Crippen molar-refractivity contribution in [1.29, 1.82) is 0 Å². The molecule has 15 heavy (non-hydrogen) atoms. The van der Waals surface area contributed by atoms with E-state index >= 15 is 0 Å². The van der Waals surface area contributed by atoms with Gasteiger partial charge < -0.3 is 10.8 Å². The van der Waals surface area contributed by atoms with Gasteiger partial charge in [-0.15, -0.1) is 0 Å². The van der Waals surface area contributed by atoms with Crippen LogP contribution in [0.5, 0.6) is 0 Å². The van der Waals surface area contributed by atoms with Crippen molar-refractivity contribution >= 4 is 0 Å². The minimum atomic E-state index is -0.260. The number of benzene rings is 1. The van der Waals surface area contributed by atoms with Gasteiger partial charge in [-0.1, -0.05) is 45.0 Å². The van der Waals surface area contributed by atoms with Crippen LogP contribution in [0.25, 0.3) is 0 Å². The van der Waals surface area contributed by atoms with Crippen LogP contribution in [0.2, 0.25) is 0 Å². The number of hydrogen-bond donors (Lipinski definition) is 2. The zero-order valence-corrected chi connectivity index (χ0v) is 9.83. The molecule has 0 aromatic heterocycles. The van der Waals surface area contributed by atoms with E-state index in [1.807, 2.05) is 12.1 Å². The molecule has 0 amide bonds. The molecule has 0 bridgehead atoms. The largest absolute Gasteiger partial charge is 0.394 e. The van der Waals surface area contributed by atoms with Gasteiger partial charge in [0, 0.05) is 0 Å². The Morgan fingerprint density at radius 2 is 1.80 bits per heavy atom. The molecule has 0 heterocycles. The van der Waals surface area contributed by atoms with Crippen LogP contribution >= 0.6 is 0 Å². The lowest BCUT2D eigenvalue weighted by Crippen LogP contribution is -2.17. The van der Waals surface area contributed by atoms with E-state index < -0.39 is 0 Å². The summed E-state index contributed by atoms with van der Waals surface area (Å²) in [6.45, 7) is 6.64. The van der Waals surface area contributed by atoms with Crippen molar-refractivity contribution in [2.45, 2.75) is 38.6 Å². The summed E-state index contributed by atoms with van der Waals surface area (Å²) in [5, 5.41) is 8.94. The Balaban J connectivity index is 2.90. The average molecular weight is 207 g/mol. The Bertz CT molecular complexity index is 303. The summed E-state index contributed by atoms with van der Waals surface area (Å²) in [5.74, 6) is 0. The monoisotopic (exact) mass is 207 g/mol. The Morgan fingerprint density at radius 3 is 2.20 bits per heavy atom. The first-order chi connectivity index (χ1) is 7.01. The van der Waals surface area contributed by atoms with Crippen molar-refractivity contribution in [3.63, 3.8) is 0 Å². The lowest BCUT2D eigenvalue weighted by atomic mass is 9.82. The maximum Gasteiger partial charge on any atom is 0.0624 e. The summed E-state index contributed by atoms with van der Waals surface area (Å²) in [6, 6.07) is 7.97. The highest BCUT2D eigenvalue weighted by Crippen LogP contribution is 2.27. The Labute approximate surface area is 92.1 Å². The van der Waals surface area contributed by atoms with Gasteiger partial charge in [0.1, 0.15) is 0 Å². The van der Waals surface area contributed by atoms with Gasteiger partial charge in [0.25, 0.3) is 0 Å². The number of nitrogens with two attached hydrogens (primary N) is 1. The number of rotatable bonds is 4. The maximum atomic E-state index is 8.94. The Kier molecular flexibility index (Phi) is 3.89. The normalized spacial score (nSPS) is 13.9. The second-order valence-electron chi connectivity index (χ2n) is 4.65. The van der Waals surface area contributed by atoms with Crippen molar-refractivity contribution < 1.29 is 5.11 Å². The molecule has 0 radical (unpaired) electrons.